The SMILES string of the molecule is N#Cc1cc(F)ccc1NC(=O)C[C@H]1N=C(N/N=C\c2ccccc2O)NC1=O. The van der Waals surface area contributed by atoms with Gasteiger partial charge in [-0.25, -0.2) is 14.8 Å². The van der Waals surface area contributed by atoms with Crippen LogP contribution in [0.4, 0.5) is 10.1 Å². The van der Waals surface area contributed by atoms with Gasteiger partial charge >= 0.3 is 0 Å². The van der Waals surface area contributed by atoms with Crippen molar-refractivity contribution >= 4 is 29.7 Å². The quantitative estimate of drug-likeness (QED) is 0.446. The van der Waals surface area contributed by atoms with Crippen LogP contribution in [0.3, 0.4) is 0 Å². The number of anilines is 1. The van der Waals surface area contributed by atoms with Crippen LogP contribution in [0.25, 0.3) is 0 Å². The van der Waals surface area contributed by atoms with Crippen LogP contribution in [0.1, 0.15) is 17.5 Å². The predicted molar refractivity (Wildman–Crippen MR) is 103 cm³/mol. The van der Waals surface area contributed by atoms with Crippen LogP contribution in [-0.4, -0.2) is 35.1 Å². The first-order chi connectivity index (χ1) is 14.0. The fraction of sp³-hybridized carbons (Fsp3) is 0.105. The summed E-state index contributed by atoms with van der Waals surface area (Å²) < 4.78 is 13.2. The molecule has 0 radical (unpaired) electrons. The van der Waals surface area contributed by atoms with Gasteiger partial charge in [-0.3, -0.25) is 14.9 Å². The summed E-state index contributed by atoms with van der Waals surface area (Å²) in [6.07, 6.45) is 1.07. The van der Waals surface area contributed by atoms with Crippen LogP contribution in [0, 0.1) is 17.1 Å². The second-order valence-corrected chi connectivity index (χ2v) is 5.97. The molecule has 0 spiro atoms. The number of aliphatic imine (C=N–C) groups is 1. The van der Waals surface area contributed by atoms with Gasteiger partial charge in [-0.1, -0.05) is 12.1 Å². The van der Waals surface area contributed by atoms with E-state index in [1.165, 1.54) is 18.3 Å². The number of hydrogen-bond acceptors (Lipinski definition) is 7. The zero-order valence-electron chi connectivity index (χ0n) is 14.9. The zero-order valence-corrected chi connectivity index (χ0v) is 14.9. The Hall–Kier alpha value is -4.26. The summed E-state index contributed by atoms with van der Waals surface area (Å²) in [4.78, 5) is 28.2. The Labute approximate surface area is 164 Å². The Kier molecular flexibility index (Phi) is 5.80. The molecule has 1 aliphatic heterocycles. The maximum absolute atomic E-state index is 13.2. The lowest BCUT2D eigenvalue weighted by Crippen LogP contribution is -2.35. The molecule has 9 nitrogen and oxygen atoms in total. The molecule has 4 N–H and O–H groups in total. The van der Waals surface area contributed by atoms with Gasteiger partial charge in [-0.2, -0.15) is 10.4 Å². The highest BCUT2D eigenvalue weighted by atomic mass is 19.1. The van der Waals surface area contributed by atoms with Crippen molar-refractivity contribution in [2.24, 2.45) is 10.1 Å². The molecule has 0 fully saturated rings. The molecule has 1 aliphatic rings. The first kappa shape index (κ1) is 19.5. The molecule has 10 heteroatoms. The predicted octanol–water partition coefficient (Wildman–Crippen LogP) is 1.21. The number of guanidine groups is 1. The number of carbonyl (C=O) groups excluding carboxylic acids is 2. The number of hydrogen-bond donors (Lipinski definition) is 4. The van der Waals surface area contributed by atoms with Crippen molar-refractivity contribution in [2.75, 3.05) is 5.32 Å². The summed E-state index contributed by atoms with van der Waals surface area (Å²) in [5.74, 6) is -1.56. The number of amides is 2. The molecule has 2 amide bonds. The largest absolute Gasteiger partial charge is 0.507 e. The summed E-state index contributed by atoms with van der Waals surface area (Å²) in [5, 5.41) is 27.5. The highest BCUT2D eigenvalue weighted by Gasteiger charge is 2.28. The van der Waals surface area contributed by atoms with Crippen molar-refractivity contribution in [1.82, 2.24) is 10.7 Å². The number of para-hydroxylation sites is 1. The zero-order chi connectivity index (χ0) is 20.8. The topological polar surface area (TPSA) is 139 Å². The Bertz CT molecular complexity index is 1060. The highest BCUT2D eigenvalue weighted by molar-refractivity contribution is 6.07. The number of phenols is 1. The van der Waals surface area contributed by atoms with Crippen LogP contribution in [0.15, 0.2) is 52.6 Å². The normalized spacial score (nSPS) is 15.5. The lowest BCUT2D eigenvalue weighted by atomic mass is 10.1. The van der Waals surface area contributed by atoms with E-state index in [0.29, 0.717) is 5.56 Å². The Balaban J connectivity index is 1.59. The average molecular weight is 394 g/mol. The third-order valence-corrected chi connectivity index (χ3v) is 3.89. The number of rotatable bonds is 5. The number of aromatic hydroxyl groups is 1. The summed E-state index contributed by atoms with van der Waals surface area (Å²) >= 11 is 0. The Morgan fingerprint density at radius 2 is 2.17 bits per heavy atom. The molecule has 146 valence electrons. The summed E-state index contributed by atoms with van der Waals surface area (Å²) in [6, 6.07) is 10.7. The van der Waals surface area contributed by atoms with Gasteiger partial charge in [-0.15, -0.1) is 0 Å². The van der Waals surface area contributed by atoms with Gasteiger partial charge in [0.05, 0.1) is 23.9 Å². The van der Waals surface area contributed by atoms with Crippen LogP contribution < -0.4 is 16.1 Å². The molecule has 1 atom stereocenters. The van der Waals surface area contributed by atoms with Crippen LogP contribution >= 0.6 is 0 Å². The van der Waals surface area contributed by atoms with Crippen molar-refractivity contribution in [1.29, 1.82) is 5.26 Å². The van der Waals surface area contributed by atoms with Crippen molar-refractivity contribution in [3.8, 4) is 11.8 Å². The molecule has 0 unspecified atom stereocenters. The molecule has 2 aromatic rings. The second-order valence-electron chi connectivity index (χ2n) is 5.97. The first-order valence-electron chi connectivity index (χ1n) is 8.41. The molecular weight excluding hydrogens is 379 g/mol. The van der Waals surface area contributed by atoms with Gasteiger partial charge in [-0.05, 0) is 30.3 Å². The van der Waals surface area contributed by atoms with E-state index in [4.69, 9.17) is 5.26 Å². The van der Waals surface area contributed by atoms with Crippen molar-refractivity contribution in [3.63, 3.8) is 0 Å². The molecule has 0 bridgehead atoms. The van der Waals surface area contributed by atoms with Gasteiger partial charge < -0.3 is 10.4 Å². The third-order valence-electron chi connectivity index (χ3n) is 3.89. The number of nitrogens with one attached hydrogen (secondary N) is 3. The fourth-order valence-electron chi connectivity index (χ4n) is 2.50. The van der Waals surface area contributed by atoms with Crippen LogP contribution in [0.2, 0.25) is 0 Å². The van der Waals surface area contributed by atoms with Crippen molar-refractivity contribution in [3.05, 3.63) is 59.4 Å². The van der Waals surface area contributed by atoms with E-state index in [-0.39, 0.29) is 29.4 Å². The van der Waals surface area contributed by atoms with Gasteiger partial charge in [0.25, 0.3) is 5.91 Å². The van der Waals surface area contributed by atoms with Crippen molar-refractivity contribution in [2.45, 2.75) is 12.5 Å². The molecule has 29 heavy (non-hydrogen) atoms. The maximum Gasteiger partial charge on any atom is 0.252 e. The monoisotopic (exact) mass is 394 g/mol. The van der Waals surface area contributed by atoms with E-state index in [1.807, 2.05) is 0 Å². The molecule has 0 saturated heterocycles. The average Bonchev–Trinajstić information content (AvgIpc) is 3.03. The van der Waals surface area contributed by atoms with E-state index < -0.39 is 23.7 Å². The first-order valence-corrected chi connectivity index (χ1v) is 8.41. The van der Waals surface area contributed by atoms with E-state index in [0.717, 1.165) is 12.1 Å². The standard InChI is InChI=1S/C19H15FN6O3/c20-13-5-6-14(12(7-13)9-21)23-17(28)8-15-18(29)25-19(24-15)26-22-10-11-3-1-2-4-16(11)27/h1-7,10,15,27H,8H2,(H,23,28)(H2,24,25,26,29)/b22-10-/t15-/m1/s1. The minimum Gasteiger partial charge on any atom is -0.507 e. The molecule has 0 aromatic heterocycles. The minimum absolute atomic E-state index is 0.0291. The molecular formula is C19H15FN6O3. The molecule has 0 aliphatic carbocycles. The smallest absolute Gasteiger partial charge is 0.252 e. The summed E-state index contributed by atoms with van der Waals surface area (Å²) in [6.45, 7) is 0. The lowest BCUT2D eigenvalue weighted by Gasteiger charge is -2.08. The number of hydrazone groups is 1. The van der Waals surface area contributed by atoms with Gasteiger partial charge in [0, 0.05) is 5.56 Å². The molecule has 0 saturated carbocycles. The van der Waals surface area contributed by atoms with Crippen LogP contribution in [-0.2, 0) is 9.59 Å². The number of nitrogens with zero attached hydrogens (tertiary/aromatic N) is 3. The van der Waals surface area contributed by atoms with Gasteiger partial charge in [0.1, 0.15) is 23.7 Å². The van der Waals surface area contributed by atoms with E-state index in [1.54, 1.807) is 24.3 Å². The number of carbonyl (C=O) groups is 2. The minimum atomic E-state index is -0.983. The maximum atomic E-state index is 13.2. The van der Waals surface area contributed by atoms with Crippen LogP contribution in [0.5, 0.6) is 5.75 Å². The number of phenolic OH excluding ortho intramolecular Hbond substituents is 1. The molecule has 2 aromatic carbocycles. The van der Waals surface area contributed by atoms with E-state index in [9.17, 15) is 19.1 Å². The second kappa shape index (κ2) is 8.62. The fourth-order valence-corrected chi connectivity index (χ4v) is 2.50. The van der Waals surface area contributed by atoms with Gasteiger partial charge in [0.15, 0.2) is 0 Å². The van der Waals surface area contributed by atoms with Crippen molar-refractivity contribution < 1.29 is 19.1 Å². The lowest BCUT2D eigenvalue weighted by molar-refractivity contribution is -0.123. The number of halogens is 1. The Morgan fingerprint density at radius 1 is 1.38 bits per heavy atom. The van der Waals surface area contributed by atoms with Gasteiger partial charge in [0.2, 0.25) is 11.9 Å². The highest BCUT2D eigenvalue weighted by Crippen LogP contribution is 2.17. The number of benzene rings is 2. The number of nitriles is 1. The van der Waals surface area contributed by atoms with E-state index >= 15 is 0 Å². The Morgan fingerprint density at radius 3 is 2.93 bits per heavy atom. The summed E-state index contributed by atoms with van der Waals surface area (Å²) in [7, 11) is 0. The molecule has 1 heterocycles. The van der Waals surface area contributed by atoms with E-state index in [2.05, 4.69) is 26.2 Å². The summed E-state index contributed by atoms with van der Waals surface area (Å²) in [5.41, 5.74) is 3.11. The third kappa shape index (κ3) is 4.92. The molecule has 3 rings (SSSR count).